The first-order valence-electron chi connectivity index (χ1n) is 4.65. The van der Waals surface area contributed by atoms with Gasteiger partial charge in [0.15, 0.2) is 0 Å². The largest absolute Gasteiger partial charge is 2.00 e. The molecule has 0 heterocycles. The van der Waals surface area contributed by atoms with E-state index in [0.717, 1.165) is 0 Å². The Morgan fingerprint density at radius 2 is 1.24 bits per heavy atom. The molecule has 0 atom stereocenters. The molecule has 0 saturated heterocycles. The molecule has 0 N–H and O–H groups in total. The van der Waals surface area contributed by atoms with Gasteiger partial charge in [0.25, 0.3) is 0 Å². The van der Waals surface area contributed by atoms with Crippen LogP contribution in [-0.2, 0) is 0 Å². The third-order valence-electron chi connectivity index (χ3n) is 1.69. The van der Waals surface area contributed by atoms with Crippen LogP contribution in [0.15, 0.2) is 48.5 Å². The number of benzene rings is 2. The van der Waals surface area contributed by atoms with Crippen molar-refractivity contribution in [3.05, 3.63) is 71.8 Å². The van der Waals surface area contributed by atoms with Crippen LogP contribution in [0.4, 0.5) is 0 Å². The zero-order valence-electron chi connectivity index (χ0n) is 9.87. The van der Waals surface area contributed by atoms with E-state index in [9.17, 15) is 0 Å². The second-order valence-electron chi connectivity index (χ2n) is 3.09. The molecule has 0 aromatic heterocycles. The molecule has 0 aliphatic heterocycles. The molecule has 0 bridgehead atoms. The van der Waals surface area contributed by atoms with Crippen molar-refractivity contribution < 1.29 is 24.8 Å². The van der Waals surface area contributed by atoms with Gasteiger partial charge in [-0.1, -0.05) is 48.5 Å². The Kier molecular flexibility index (Phi) is 18.0. The molecule has 88 valence electrons. The summed E-state index contributed by atoms with van der Waals surface area (Å²) < 4.78 is 0. The molecule has 4 radical (unpaired) electrons. The van der Waals surface area contributed by atoms with Gasteiger partial charge in [0, 0.05) is 0 Å². The predicted molar refractivity (Wildman–Crippen MR) is 65.8 cm³/mol. The van der Waals surface area contributed by atoms with Crippen LogP contribution in [-0.4, -0.2) is 23.9 Å². The molecule has 3 heteroatoms. The Morgan fingerprint density at radius 1 is 0.765 bits per heavy atom. The van der Waals surface area contributed by atoms with Crippen molar-refractivity contribution in [2.45, 2.75) is 13.8 Å². The summed E-state index contributed by atoms with van der Waals surface area (Å²) in [6.07, 6.45) is 0. The van der Waals surface area contributed by atoms with E-state index in [0.29, 0.717) is 0 Å². The van der Waals surface area contributed by atoms with Crippen molar-refractivity contribution >= 4 is 23.9 Å². The first kappa shape index (κ1) is 22.0. The molecule has 0 fully saturated rings. The van der Waals surface area contributed by atoms with Gasteiger partial charge in [0.1, 0.15) is 0 Å². The fourth-order valence-electron chi connectivity index (χ4n) is 1.07. The Bertz CT molecular complexity index is 320. The van der Waals surface area contributed by atoms with E-state index >= 15 is 0 Å². The van der Waals surface area contributed by atoms with Gasteiger partial charge in [-0.15, -0.1) is 0 Å². The Labute approximate surface area is 134 Å². The average molecular weight is 372 g/mol. The monoisotopic (exact) mass is 372 g/mol. The van der Waals surface area contributed by atoms with Gasteiger partial charge in [-0.05, 0) is 37.1 Å². The van der Waals surface area contributed by atoms with Crippen molar-refractivity contribution in [2.75, 3.05) is 0 Å². The zero-order chi connectivity index (χ0) is 10.2. The average Bonchev–Trinajstić information content (AvgIpc) is 2.21. The molecule has 0 amide bonds. The van der Waals surface area contributed by atoms with E-state index in [2.05, 4.69) is 12.1 Å². The van der Waals surface area contributed by atoms with Crippen LogP contribution in [0.1, 0.15) is 11.1 Å². The number of hydrogen-bond acceptors (Lipinski definition) is 0. The van der Waals surface area contributed by atoms with Gasteiger partial charge in [0.05, 0.1) is 0 Å². The molecule has 2 rings (SSSR count). The van der Waals surface area contributed by atoms with E-state index in [1.807, 2.05) is 62.4 Å². The van der Waals surface area contributed by atoms with E-state index in [4.69, 9.17) is 0 Å². The second kappa shape index (κ2) is 13.9. The summed E-state index contributed by atoms with van der Waals surface area (Å²) >= 11 is 0. The number of aryl methyl sites for hydroxylation is 2. The fraction of sp³-hybridized carbons (Fsp3) is 0.143. The van der Waals surface area contributed by atoms with Crippen LogP contribution in [0.25, 0.3) is 0 Å². The zero-order valence-corrected chi connectivity index (χ0v) is 14.2. The summed E-state index contributed by atoms with van der Waals surface area (Å²) in [6.45, 7) is 4.10. The van der Waals surface area contributed by atoms with Gasteiger partial charge < -0.3 is 24.8 Å². The third kappa shape index (κ3) is 12.1. The topological polar surface area (TPSA) is 0 Å². The first-order valence-corrected chi connectivity index (χ1v) is 4.65. The molecule has 0 spiro atoms. The van der Waals surface area contributed by atoms with Crippen molar-refractivity contribution in [3.8, 4) is 0 Å². The van der Waals surface area contributed by atoms with Crippen LogP contribution in [0.3, 0.4) is 0 Å². The molecular formula is C14H14Cl2Sn. The maximum Gasteiger partial charge on any atom is 2.00 e. The maximum absolute atomic E-state index is 3.17. The SMILES string of the molecule is Cc1[c]c(C)ccc1.[Cl-].[Cl-].[Sn+2].[c]1ccccc1. The summed E-state index contributed by atoms with van der Waals surface area (Å²) in [4.78, 5) is 0. The third-order valence-corrected chi connectivity index (χ3v) is 1.69. The van der Waals surface area contributed by atoms with Crippen LogP contribution < -0.4 is 24.8 Å². The van der Waals surface area contributed by atoms with Gasteiger partial charge in [-0.2, -0.15) is 0 Å². The van der Waals surface area contributed by atoms with Crippen LogP contribution in [0.2, 0.25) is 0 Å². The van der Waals surface area contributed by atoms with Gasteiger partial charge in [-0.25, -0.2) is 0 Å². The fourth-order valence-corrected chi connectivity index (χ4v) is 1.07. The van der Waals surface area contributed by atoms with Gasteiger partial charge in [0.2, 0.25) is 0 Å². The van der Waals surface area contributed by atoms with Crippen LogP contribution >= 0.6 is 0 Å². The Hall–Kier alpha value is -0.181. The van der Waals surface area contributed by atoms with Gasteiger partial charge >= 0.3 is 23.9 Å². The minimum atomic E-state index is 0. The number of halogens is 2. The van der Waals surface area contributed by atoms with E-state index in [-0.39, 0.29) is 48.7 Å². The van der Waals surface area contributed by atoms with Gasteiger partial charge in [-0.3, -0.25) is 0 Å². The summed E-state index contributed by atoms with van der Waals surface area (Å²) in [5.74, 6) is 0. The molecule has 0 unspecified atom stereocenters. The Balaban J connectivity index is -0.000000201. The minimum Gasteiger partial charge on any atom is -1.00 e. The van der Waals surface area contributed by atoms with Crippen LogP contribution in [0, 0.1) is 26.0 Å². The van der Waals surface area contributed by atoms with Crippen molar-refractivity contribution in [1.82, 2.24) is 0 Å². The maximum atomic E-state index is 3.17. The summed E-state index contributed by atoms with van der Waals surface area (Å²) in [5, 5.41) is 0. The minimum absolute atomic E-state index is 0. The molecule has 2 aromatic rings. The van der Waals surface area contributed by atoms with Crippen molar-refractivity contribution in [1.29, 1.82) is 0 Å². The first-order chi connectivity index (χ1) is 6.79. The van der Waals surface area contributed by atoms with Crippen molar-refractivity contribution in [3.63, 3.8) is 0 Å². The summed E-state index contributed by atoms with van der Waals surface area (Å²) in [5.41, 5.74) is 2.43. The molecule has 0 nitrogen and oxygen atoms in total. The molecule has 0 aliphatic carbocycles. The molecule has 0 aliphatic rings. The summed E-state index contributed by atoms with van der Waals surface area (Å²) in [7, 11) is 0. The van der Waals surface area contributed by atoms with Crippen molar-refractivity contribution in [2.24, 2.45) is 0 Å². The second-order valence-corrected chi connectivity index (χ2v) is 3.09. The quantitative estimate of drug-likeness (QED) is 0.440. The van der Waals surface area contributed by atoms with E-state index in [1.54, 1.807) is 0 Å². The normalized spacial score (nSPS) is 7.18. The molecular weight excluding hydrogens is 358 g/mol. The van der Waals surface area contributed by atoms with E-state index < -0.39 is 0 Å². The Morgan fingerprint density at radius 3 is 1.41 bits per heavy atom. The molecule has 2 aromatic carbocycles. The molecule has 17 heavy (non-hydrogen) atoms. The smallest absolute Gasteiger partial charge is 1.00 e. The van der Waals surface area contributed by atoms with E-state index in [1.165, 1.54) is 11.1 Å². The standard InChI is InChI=1S/C8H9.C6H5.2ClH.Sn/c1-7-4-3-5-8(2)6-7;1-2-4-6-5-3-1;;;/h3-5H,1-2H3;1-5H;2*1H;/q;;;;+2/p-2. The summed E-state index contributed by atoms with van der Waals surface area (Å²) in [6, 6.07) is 21.8. The predicted octanol–water partition coefficient (Wildman–Crippen LogP) is -2.78. The van der Waals surface area contributed by atoms with Crippen LogP contribution in [0.5, 0.6) is 0 Å². The number of hydrogen-bond donors (Lipinski definition) is 0. The number of rotatable bonds is 0. The molecule has 0 saturated carbocycles.